The molecule has 0 heterocycles. The van der Waals surface area contributed by atoms with Gasteiger partial charge in [0.25, 0.3) is 0 Å². The zero-order valence-corrected chi connectivity index (χ0v) is 22.2. The molecule has 5 N–H and O–H groups in total. The fourth-order valence-electron chi connectivity index (χ4n) is 7.52. The van der Waals surface area contributed by atoms with E-state index in [1.54, 1.807) is 11.6 Å². The third-order valence-electron chi connectivity index (χ3n) is 9.35. The lowest BCUT2D eigenvalue weighted by molar-refractivity contribution is -0.116. The minimum absolute atomic E-state index is 0.0441. The molecule has 0 bridgehead atoms. The number of unbranched alkanes of at least 4 members (excludes halogenated alkanes) is 1. The summed E-state index contributed by atoms with van der Waals surface area (Å²) in [6, 6.07) is 7.41. The second-order valence-corrected chi connectivity index (χ2v) is 12.0. The Morgan fingerprint density at radius 2 is 1.92 bits per heavy atom. The van der Waals surface area contributed by atoms with E-state index in [1.165, 1.54) is 44.1 Å². The van der Waals surface area contributed by atoms with Crippen LogP contribution >= 0.6 is 0 Å². The molecule has 3 aliphatic rings. The molecule has 5 nitrogen and oxygen atoms in total. The predicted molar refractivity (Wildman–Crippen MR) is 147 cm³/mol. The molecule has 0 saturated heterocycles. The first-order valence-corrected chi connectivity index (χ1v) is 14.1. The second kappa shape index (κ2) is 12.0. The smallest absolute Gasteiger partial charge is 0.224 e. The van der Waals surface area contributed by atoms with Crippen molar-refractivity contribution in [3.63, 3.8) is 0 Å². The van der Waals surface area contributed by atoms with Gasteiger partial charge >= 0.3 is 0 Å². The minimum atomic E-state index is -0.408. The molecule has 0 aliphatic heterocycles. The third kappa shape index (κ3) is 6.41. The van der Waals surface area contributed by atoms with E-state index < -0.39 is 12.2 Å². The van der Waals surface area contributed by atoms with E-state index in [2.05, 4.69) is 31.3 Å². The summed E-state index contributed by atoms with van der Waals surface area (Å²) in [6.07, 6.45) is 15.6. The molecule has 0 aromatic heterocycles. The Bertz CT molecular complexity index is 958. The number of aliphatic hydroxyl groups is 2. The zero-order valence-electron chi connectivity index (χ0n) is 22.2. The number of fused-ring (bicyclic) bond motifs is 1. The van der Waals surface area contributed by atoms with Crippen LogP contribution in [0.5, 0.6) is 0 Å². The van der Waals surface area contributed by atoms with Crippen LogP contribution in [-0.2, 0) is 4.79 Å². The molecule has 3 fully saturated rings. The first-order valence-electron chi connectivity index (χ1n) is 14.1. The number of amides is 1. The molecule has 3 aliphatic carbocycles. The summed E-state index contributed by atoms with van der Waals surface area (Å²) in [5.74, 6) is 2.09. The Balaban J connectivity index is 1.28. The van der Waals surface area contributed by atoms with Gasteiger partial charge in [-0.15, -0.1) is 0 Å². The lowest BCUT2D eigenvalue weighted by Gasteiger charge is -2.44. The van der Waals surface area contributed by atoms with Gasteiger partial charge in [-0.2, -0.15) is 0 Å². The molecule has 4 rings (SSSR count). The average molecular weight is 495 g/mol. The monoisotopic (exact) mass is 494 g/mol. The highest BCUT2D eigenvalue weighted by Crippen LogP contribution is 2.59. The number of nitrogen functional groups attached to an aromatic ring is 1. The van der Waals surface area contributed by atoms with Crippen LogP contribution in [0.3, 0.4) is 0 Å². The van der Waals surface area contributed by atoms with Crippen molar-refractivity contribution in [3.05, 3.63) is 47.6 Å². The van der Waals surface area contributed by atoms with Gasteiger partial charge in [0.05, 0.1) is 23.6 Å². The van der Waals surface area contributed by atoms with Gasteiger partial charge in [-0.05, 0) is 93.1 Å². The van der Waals surface area contributed by atoms with Crippen LogP contribution in [0.25, 0.3) is 0 Å². The standard InChI is InChI=1S/C31H46N2O3/c1-21(8-3-6-12-30(36)33-29-11-5-4-10-28(29)32)26-15-16-27-23(9-7-17-31(26,27)2)14-13-22-18-24(34)20-25(35)19-22/h4-5,10-11,13-14,21,24-27,34-35H,3,6-9,12,15-20,32H2,1-2H3,(H,33,36)/b23-14-/t21-,24-,25-,26-,27+,31-/m1/s1. The number of allylic oxidation sites excluding steroid dienone is 3. The molecule has 1 aromatic rings. The number of carbonyl (C=O) groups excluding carboxylic acids is 1. The van der Waals surface area contributed by atoms with Gasteiger partial charge in [-0.25, -0.2) is 0 Å². The summed E-state index contributed by atoms with van der Waals surface area (Å²) < 4.78 is 0. The van der Waals surface area contributed by atoms with E-state index in [1.807, 2.05) is 18.2 Å². The van der Waals surface area contributed by atoms with Gasteiger partial charge in [0.1, 0.15) is 0 Å². The van der Waals surface area contributed by atoms with E-state index in [4.69, 9.17) is 5.73 Å². The van der Waals surface area contributed by atoms with Crippen LogP contribution in [0.1, 0.15) is 90.9 Å². The first-order chi connectivity index (χ1) is 17.3. The number of hydrogen-bond acceptors (Lipinski definition) is 4. The van der Waals surface area contributed by atoms with E-state index in [9.17, 15) is 15.0 Å². The number of rotatable bonds is 8. The highest BCUT2D eigenvalue weighted by molar-refractivity contribution is 5.93. The second-order valence-electron chi connectivity index (χ2n) is 12.0. The zero-order chi connectivity index (χ0) is 25.7. The summed E-state index contributed by atoms with van der Waals surface area (Å²) in [7, 11) is 0. The van der Waals surface area contributed by atoms with Crippen LogP contribution < -0.4 is 11.1 Å². The summed E-state index contributed by atoms with van der Waals surface area (Å²) >= 11 is 0. The number of aliphatic hydroxyl groups excluding tert-OH is 2. The van der Waals surface area contributed by atoms with Crippen LogP contribution in [0.2, 0.25) is 0 Å². The average Bonchev–Trinajstić information content (AvgIpc) is 3.19. The molecular formula is C31H46N2O3. The van der Waals surface area contributed by atoms with Crippen LogP contribution in [0.4, 0.5) is 11.4 Å². The van der Waals surface area contributed by atoms with E-state index >= 15 is 0 Å². The van der Waals surface area contributed by atoms with E-state index in [0.717, 1.165) is 18.8 Å². The van der Waals surface area contributed by atoms with Crippen LogP contribution in [0.15, 0.2) is 47.6 Å². The maximum absolute atomic E-state index is 12.3. The number of nitrogens with two attached hydrogens (primary N) is 1. The van der Waals surface area contributed by atoms with Crippen LogP contribution in [-0.4, -0.2) is 28.3 Å². The molecule has 198 valence electrons. The third-order valence-corrected chi connectivity index (χ3v) is 9.35. The van der Waals surface area contributed by atoms with Gasteiger partial charge < -0.3 is 21.3 Å². The van der Waals surface area contributed by atoms with E-state index in [-0.39, 0.29) is 5.91 Å². The topological polar surface area (TPSA) is 95.6 Å². The summed E-state index contributed by atoms with van der Waals surface area (Å²) in [5.41, 5.74) is 10.4. The van der Waals surface area contributed by atoms with Crippen molar-refractivity contribution in [2.75, 3.05) is 11.1 Å². The molecule has 1 amide bonds. The van der Waals surface area contributed by atoms with Crippen molar-refractivity contribution in [1.29, 1.82) is 0 Å². The Kier molecular flexibility index (Phi) is 8.95. The Morgan fingerprint density at radius 3 is 2.67 bits per heavy atom. The van der Waals surface area contributed by atoms with Crippen LogP contribution in [0, 0.1) is 23.2 Å². The number of anilines is 2. The minimum Gasteiger partial charge on any atom is -0.397 e. The molecule has 0 spiro atoms. The van der Waals surface area contributed by atoms with Gasteiger partial charge in [-0.3, -0.25) is 4.79 Å². The van der Waals surface area contributed by atoms with Crippen molar-refractivity contribution in [3.8, 4) is 0 Å². The molecule has 36 heavy (non-hydrogen) atoms. The van der Waals surface area contributed by atoms with Gasteiger partial charge in [-0.1, -0.05) is 62.1 Å². The number of nitrogens with one attached hydrogen (secondary N) is 1. The molecule has 5 heteroatoms. The number of para-hydroxylation sites is 2. The van der Waals surface area contributed by atoms with Gasteiger partial charge in [0.15, 0.2) is 0 Å². The lowest BCUT2D eigenvalue weighted by atomic mass is 9.60. The van der Waals surface area contributed by atoms with Crippen molar-refractivity contribution < 1.29 is 15.0 Å². The Morgan fingerprint density at radius 1 is 1.17 bits per heavy atom. The molecule has 6 atom stereocenters. The molecule has 0 unspecified atom stereocenters. The normalized spacial score (nSPS) is 32.2. The fourth-order valence-corrected chi connectivity index (χ4v) is 7.52. The SMILES string of the molecule is C[C@H](CCCCC(=O)Nc1ccccc1N)[C@H]1CC[C@H]2/C(=C\C=C3C[C@@H](O)C[C@H](O)C3)CCC[C@]12C. The van der Waals surface area contributed by atoms with Gasteiger partial charge in [0, 0.05) is 6.42 Å². The highest BCUT2D eigenvalue weighted by atomic mass is 16.3. The molecule has 1 aromatic carbocycles. The molecule has 0 radical (unpaired) electrons. The number of carbonyl (C=O) groups is 1. The van der Waals surface area contributed by atoms with Crippen molar-refractivity contribution in [2.24, 2.45) is 23.2 Å². The summed E-state index contributed by atoms with van der Waals surface area (Å²) in [4.78, 5) is 12.3. The number of hydrogen-bond donors (Lipinski definition) is 4. The summed E-state index contributed by atoms with van der Waals surface area (Å²) in [5, 5.41) is 23.0. The fraction of sp³-hybridized carbons (Fsp3) is 0.645. The lowest BCUT2D eigenvalue weighted by Crippen LogP contribution is -2.36. The molecule has 3 saturated carbocycles. The maximum Gasteiger partial charge on any atom is 0.224 e. The largest absolute Gasteiger partial charge is 0.397 e. The maximum atomic E-state index is 12.3. The Hall–Kier alpha value is -2.11. The quantitative estimate of drug-likeness (QED) is 0.249. The Labute approximate surface area is 217 Å². The van der Waals surface area contributed by atoms with Gasteiger partial charge in [0.2, 0.25) is 5.91 Å². The van der Waals surface area contributed by atoms with E-state index in [0.29, 0.717) is 54.3 Å². The predicted octanol–water partition coefficient (Wildman–Crippen LogP) is 6.38. The van der Waals surface area contributed by atoms with Crippen molar-refractivity contribution in [1.82, 2.24) is 0 Å². The number of benzene rings is 1. The van der Waals surface area contributed by atoms with Crippen molar-refractivity contribution in [2.45, 2.75) is 103 Å². The van der Waals surface area contributed by atoms with Crippen molar-refractivity contribution >= 4 is 17.3 Å². The first kappa shape index (κ1) is 26.9. The molecular weight excluding hydrogens is 448 g/mol. The summed E-state index contributed by atoms with van der Waals surface area (Å²) in [6.45, 7) is 4.95. The highest BCUT2D eigenvalue weighted by Gasteiger charge is 2.50.